The predicted octanol–water partition coefficient (Wildman–Crippen LogP) is 0.256. The Kier molecular flexibility index (Phi) is 5.34. The molecule has 80 valence electrons. The molecule has 0 aliphatic carbocycles. The number of rotatable bonds is 6. The second-order valence-electron chi connectivity index (χ2n) is 2.66. The first-order valence-electron chi connectivity index (χ1n) is 3.92. The van der Waals surface area contributed by atoms with Crippen LogP contribution in [0.5, 0.6) is 0 Å². The highest BCUT2D eigenvalue weighted by Gasteiger charge is 2.22. The molecular weight excluding hydrogens is 202 g/mol. The molecule has 0 rings (SSSR count). The van der Waals surface area contributed by atoms with Gasteiger partial charge in [-0.25, -0.2) is 13.1 Å². The Hall–Kier alpha value is -0.270. The summed E-state index contributed by atoms with van der Waals surface area (Å²) in [5.74, 6) is -3.37. The molecule has 0 aliphatic heterocycles. The summed E-state index contributed by atoms with van der Waals surface area (Å²) in [6.07, 6.45) is 1.05. The quantitative estimate of drug-likeness (QED) is 0.668. The fourth-order valence-electron chi connectivity index (χ4n) is 0.654. The van der Waals surface area contributed by atoms with E-state index in [0.29, 0.717) is 12.8 Å². The lowest BCUT2D eigenvalue weighted by atomic mass is 10.2. The highest BCUT2D eigenvalue weighted by atomic mass is 32.2. The lowest BCUT2D eigenvalue weighted by Gasteiger charge is -2.09. The van der Waals surface area contributed by atoms with E-state index in [4.69, 9.17) is 5.73 Å². The van der Waals surface area contributed by atoms with Crippen molar-refractivity contribution in [3.8, 4) is 0 Å². The summed E-state index contributed by atoms with van der Waals surface area (Å²) in [5.41, 5.74) is 5.46. The van der Waals surface area contributed by atoms with Crippen LogP contribution in [0.4, 0.5) is 8.78 Å². The third-order valence-corrected chi connectivity index (χ3v) is 2.65. The highest BCUT2D eigenvalue weighted by Crippen LogP contribution is 2.01. The van der Waals surface area contributed by atoms with Crippen LogP contribution in [-0.4, -0.2) is 26.8 Å². The van der Waals surface area contributed by atoms with Gasteiger partial charge < -0.3 is 5.73 Å². The monoisotopic (exact) mass is 216 g/mol. The molecule has 0 aromatic rings. The standard InChI is InChI=1S/C6H14F2N2O2S/c1-2-5(9)3-4-10-13(11,12)6(7)8/h5-6,10H,2-4,9H2,1H3. The zero-order valence-electron chi connectivity index (χ0n) is 7.33. The number of sulfonamides is 1. The average Bonchev–Trinajstić information content (AvgIpc) is 2.03. The summed E-state index contributed by atoms with van der Waals surface area (Å²) in [7, 11) is -4.44. The molecule has 1 atom stereocenters. The number of nitrogens with two attached hydrogens (primary N) is 1. The third-order valence-electron chi connectivity index (χ3n) is 1.58. The summed E-state index contributed by atoms with van der Waals surface area (Å²) in [5, 5.41) is 0. The number of alkyl halides is 2. The normalized spacial score (nSPS) is 14.8. The lowest BCUT2D eigenvalue weighted by Crippen LogP contribution is -2.33. The Bertz CT molecular complexity index is 231. The molecule has 0 aromatic heterocycles. The van der Waals surface area contributed by atoms with Gasteiger partial charge in [0.15, 0.2) is 0 Å². The van der Waals surface area contributed by atoms with Crippen molar-refractivity contribution >= 4 is 10.0 Å². The molecule has 7 heteroatoms. The van der Waals surface area contributed by atoms with Crippen molar-refractivity contribution in [3.63, 3.8) is 0 Å². The van der Waals surface area contributed by atoms with Crippen molar-refractivity contribution in [2.75, 3.05) is 6.54 Å². The first-order valence-corrected chi connectivity index (χ1v) is 5.47. The maximum absolute atomic E-state index is 11.7. The van der Waals surface area contributed by atoms with E-state index in [1.807, 2.05) is 6.92 Å². The van der Waals surface area contributed by atoms with E-state index in [9.17, 15) is 17.2 Å². The van der Waals surface area contributed by atoms with E-state index in [0.717, 1.165) is 0 Å². The maximum Gasteiger partial charge on any atom is 0.350 e. The second kappa shape index (κ2) is 5.46. The number of halogens is 2. The van der Waals surface area contributed by atoms with E-state index in [1.54, 1.807) is 4.72 Å². The summed E-state index contributed by atoms with van der Waals surface area (Å²) < 4.78 is 46.2. The van der Waals surface area contributed by atoms with Gasteiger partial charge in [-0.2, -0.15) is 8.78 Å². The largest absolute Gasteiger partial charge is 0.350 e. The third kappa shape index (κ3) is 5.12. The van der Waals surface area contributed by atoms with Gasteiger partial charge >= 0.3 is 5.76 Å². The van der Waals surface area contributed by atoms with Gasteiger partial charge in [-0.1, -0.05) is 6.92 Å². The predicted molar refractivity (Wildman–Crippen MR) is 45.8 cm³/mol. The van der Waals surface area contributed by atoms with Crippen molar-refractivity contribution in [1.29, 1.82) is 0 Å². The maximum atomic E-state index is 11.7. The van der Waals surface area contributed by atoms with E-state index in [1.165, 1.54) is 0 Å². The number of hydrogen-bond donors (Lipinski definition) is 2. The Labute approximate surface area is 76.5 Å². The van der Waals surface area contributed by atoms with E-state index in [2.05, 4.69) is 0 Å². The fourth-order valence-corrected chi connectivity index (χ4v) is 1.18. The van der Waals surface area contributed by atoms with Gasteiger partial charge in [-0.05, 0) is 12.8 Å². The van der Waals surface area contributed by atoms with Crippen LogP contribution in [0, 0.1) is 0 Å². The molecule has 0 saturated heterocycles. The van der Waals surface area contributed by atoms with Crippen LogP contribution < -0.4 is 10.5 Å². The molecule has 3 N–H and O–H groups in total. The molecule has 0 spiro atoms. The summed E-state index contributed by atoms with van der Waals surface area (Å²) >= 11 is 0. The van der Waals surface area contributed by atoms with Crippen molar-refractivity contribution < 1.29 is 17.2 Å². The van der Waals surface area contributed by atoms with Crippen LogP contribution in [0.1, 0.15) is 19.8 Å². The minimum Gasteiger partial charge on any atom is -0.328 e. The van der Waals surface area contributed by atoms with Crippen molar-refractivity contribution in [2.45, 2.75) is 31.6 Å². The van der Waals surface area contributed by atoms with E-state index >= 15 is 0 Å². The second-order valence-corrected chi connectivity index (χ2v) is 4.39. The zero-order valence-corrected chi connectivity index (χ0v) is 8.15. The molecule has 0 saturated carbocycles. The van der Waals surface area contributed by atoms with Gasteiger partial charge in [-0.15, -0.1) is 0 Å². The molecule has 13 heavy (non-hydrogen) atoms. The molecule has 4 nitrogen and oxygen atoms in total. The molecule has 0 aliphatic rings. The Morgan fingerprint density at radius 2 is 2.00 bits per heavy atom. The van der Waals surface area contributed by atoms with Crippen LogP contribution >= 0.6 is 0 Å². The van der Waals surface area contributed by atoms with Crippen molar-refractivity contribution in [2.24, 2.45) is 5.73 Å². The van der Waals surface area contributed by atoms with Crippen LogP contribution in [0.15, 0.2) is 0 Å². The van der Waals surface area contributed by atoms with E-state index in [-0.39, 0.29) is 12.6 Å². The Balaban J connectivity index is 3.78. The SMILES string of the molecule is CCC(N)CCNS(=O)(=O)C(F)F. The van der Waals surface area contributed by atoms with Crippen molar-refractivity contribution in [3.05, 3.63) is 0 Å². The summed E-state index contributed by atoms with van der Waals surface area (Å²) in [4.78, 5) is 0. The summed E-state index contributed by atoms with van der Waals surface area (Å²) in [6, 6.07) is -0.152. The minimum atomic E-state index is -4.44. The Morgan fingerprint density at radius 3 is 2.38 bits per heavy atom. The molecule has 0 radical (unpaired) electrons. The first kappa shape index (κ1) is 12.7. The van der Waals surface area contributed by atoms with Gasteiger partial charge in [0.2, 0.25) is 0 Å². The number of hydrogen-bond acceptors (Lipinski definition) is 3. The smallest absolute Gasteiger partial charge is 0.328 e. The van der Waals surface area contributed by atoms with Gasteiger partial charge in [-0.3, -0.25) is 0 Å². The van der Waals surface area contributed by atoms with Crippen LogP contribution in [-0.2, 0) is 10.0 Å². The molecule has 0 heterocycles. The van der Waals surface area contributed by atoms with Crippen molar-refractivity contribution in [1.82, 2.24) is 4.72 Å². The molecule has 0 fully saturated rings. The molecular formula is C6H14F2N2O2S. The first-order chi connectivity index (χ1) is 5.90. The fraction of sp³-hybridized carbons (Fsp3) is 1.00. The molecule has 0 aromatic carbocycles. The zero-order chi connectivity index (χ0) is 10.5. The van der Waals surface area contributed by atoms with Crippen LogP contribution in [0.3, 0.4) is 0 Å². The van der Waals surface area contributed by atoms with Gasteiger partial charge in [0.05, 0.1) is 0 Å². The van der Waals surface area contributed by atoms with Crippen LogP contribution in [0.25, 0.3) is 0 Å². The highest BCUT2D eigenvalue weighted by molar-refractivity contribution is 7.89. The van der Waals surface area contributed by atoms with Gasteiger partial charge in [0.25, 0.3) is 10.0 Å². The molecule has 0 amide bonds. The minimum absolute atomic E-state index is 0.0400. The number of nitrogens with one attached hydrogen (secondary N) is 1. The Morgan fingerprint density at radius 1 is 1.46 bits per heavy atom. The summed E-state index contributed by atoms with van der Waals surface area (Å²) in [6.45, 7) is 1.80. The van der Waals surface area contributed by atoms with E-state index < -0.39 is 15.8 Å². The van der Waals surface area contributed by atoms with Gasteiger partial charge in [0, 0.05) is 12.6 Å². The van der Waals surface area contributed by atoms with Gasteiger partial charge in [0.1, 0.15) is 0 Å². The molecule has 1 unspecified atom stereocenters. The molecule has 0 bridgehead atoms. The average molecular weight is 216 g/mol. The van der Waals surface area contributed by atoms with Crippen LogP contribution in [0.2, 0.25) is 0 Å². The lowest BCUT2D eigenvalue weighted by molar-refractivity contribution is 0.232. The topological polar surface area (TPSA) is 72.2 Å².